The smallest absolute Gasteiger partial charge is 0.317 e. The first-order chi connectivity index (χ1) is 13.0. The van der Waals surface area contributed by atoms with E-state index in [1.54, 1.807) is 25.2 Å². The van der Waals surface area contributed by atoms with E-state index in [1.807, 2.05) is 36.4 Å². The monoisotopic (exact) mass is 368 g/mol. The highest BCUT2D eigenvalue weighted by atomic mass is 16.2. The van der Waals surface area contributed by atoms with Crippen LogP contribution in [0.15, 0.2) is 42.6 Å². The van der Waals surface area contributed by atoms with Crippen molar-refractivity contribution < 1.29 is 9.59 Å². The number of aromatic nitrogens is 2. The van der Waals surface area contributed by atoms with E-state index >= 15 is 0 Å². The molecule has 3 rings (SSSR count). The Kier molecular flexibility index (Phi) is 5.85. The maximum absolute atomic E-state index is 12.3. The van der Waals surface area contributed by atoms with Crippen molar-refractivity contribution in [3.05, 3.63) is 42.6 Å². The van der Waals surface area contributed by atoms with Crippen molar-refractivity contribution in [3.8, 4) is 11.3 Å². The molecule has 0 radical (unpaired) electrons. The Morgan fingerprint density at radius 3 is 2.44 bits per heavy atom. The van der Waals surface area contributed by atoms with Gasteiger partial charge in [-0.25, -0.2) is 14.8 Å². The molecule has 2 heterocycles. The molecule has 0 unspecified atom stereocenters. The largest absolute Gasteiger partial charge is 0.338 e. The number of benzene rings is 1. The van der Waals surface area contributed by atoms with Gasteiger partial charge in [-0.05, 0) is 6.07 Å². The van der Waals surface area contributed by atoms with Crippen LogP contribution < -0.4 is 10.2 Å². The third kappa shape index (κ3) is 4.72. The fourth-order valence-electron chi connectivity index (χ4n) is 2.85. The lowest BCUT2D eigenvalue weighted by molar-refractivity contribution is -0.130. The minimum Gasteiger partial charge on any atom is -0.338 e. The molecule has 8 nitrogen and oxygen atoms in total. The van der Waals surface area contributed by atoms with Crippen molar-refractivity contribution in [1.29, 1.82) is 0 Å². The molecule has 2 aromatic rings. The Hall–Kier alpha value is -3.16. The number of carbonyl (C=O) groups excluding carboxylic acids is 2. The van der Waals surface area contributed by atoms with Crippen LogP contribution in [-0.4, -0.2) is 78.5 Å². The number of rotatable bonds is 4. The Labute approximate surface area is 158 Å². The summed E-state index contributed by atoms with van der Waals surface area (Å²) < 4.78 is 0. The molecule has 1 saturated heterocycles. The van der Waals surface area contributed by atoms with Crippen molar-refractivity contribution in [3.63, 3.8) is 0 Å². The van der Waals surface area contributed by atoms with Gasteiger partial charge in [0.2, 0.25) is 11.9 Å². The number of urea groups is 1. The van der Waals surface area contributed by atoms with Gasteiger partial charge in [-0.2, -0.15) is 0 Å². The lowest BCUT2D eigenvalue weighted by Gasteiger charge is -2.35. The van der Waals surface area contributed by atoms with E-state index in [0.29, 0.717) is 32.1 Å². The minimum absolute atomic E-state index is 0.0109. The van der Waals surface area contributed by atoms with E-state index in [2.05, 4.69) is 20.2 Å². The number of nitrogens with one attached hydrogen (secondary N) is 1. The molecular formula is C19H24N6O2. The van der Waals surface area contributed by atoms with Crippen molar-refractivity contribution in [2.24, 2.45) is 0 Å². The molecule has 1 fully saturated rings. The third-order valence-electron chi connectivity index (χ3n) is 4.42. The van der Waals surface area contributed by atoms with E-state index in [1.165, 1.54) is 4.90 Å². The molecule has 142 valence electrons. The zero-order valence-corrected chi connectivity index (χ0v) is 15.6. The number of amides is 3. The van der Waals surface area contributed by atoms with E-state index in [0.717, 1.165) is 11.3 Å². The fraction of sp³-hybridized carbons (Fsp3) is 0.368. The topological polar surface area (TPSA) is 81.7 Å². The Morgan fingerprint density at radius 2 is 1.78 bits per heavy atom. The summed E-state index contributed by atoms with van der Waals surface area (Å²) >= 11 is 0. The number of piperazine rings is 1. The number of hydrogen-bond donors (Lipinski definition) is 1. The van der Waals surface area contributed by atoms with Crippen LogP contribution in [0.4, 0.5) is 10.7 Å². The quantitative estimate of drug-likeness (QED) is 0.873. The minimum atomic E-state index is -0.270. The molecule has 1 aromatic heterocycles. The lowest BCUT2D eigenvalue weighted by Crippen LogP contribution is -2.52. The fourth-order valence-corrected chi connectivity index (χ4v) is 2.85. The number of hydrogen-bond acceptors (Lipinski definition) is 5. The molecule has 1 N–H and O–H groups in total. The third-order valence-corrected chi connectivity index (χ3v) is 4.42. The molecule has 3 amide bonds. The Balaban J connectivity index is 1.56. The van der Waals surface area contributed by atoms with Gasteiger partial charge < -0.3 is 20.0 Å². The molecule has 1 aromatic carbocycles. The molecule has 27 heavy (non-hydrogen) atoms. The predicted octanol–water partition coefficient (Wildman–Crippen LogP) is 1.06. The van der Waals surface area contributed by atoms with Crippen LogP contribution in [-0.2, 0) is 4.79 Å². The lowest BCUT2D eigenvalue weighted by atomic mass is 10.1. The average Bonchev–Trinajstić information content (AvgIpc) is 2.72. The summed E-state index contributed by atoms with van der Waals surface area (Å²) in [7, 11) is 3.28. The normalized spacial score (nSPS) is 14.0. The number of carbonyl (C=O) groups is 2. The summed E-state index contributed by atoms with van der Waals surface area (Å²) in [4.78, 5) is 38.1. The average molecular weight is 368 g/mol. The Bertz CT molecular complexity index is 788. The summed E-state index contributed by atoms with van der Waals surface area (Å²) in [6.45, 7) is 2.49. The van der Waals surface area contributed by atoms with Crippen molar-refractivity contribution in [2.45, 2.75) is 0 Å². The molecule has 0 bridgehead atoms. The van der Waals surface area contributed by atoms with Gasteiger partial charge in [-0.1, -0.05) is 30.3 Å². The molecule has 0 aliphatic carbocycles. The van der Waals surface area contributed by atoms with Crippen LogP contribution in [0.1, 0.15) is 0 Å². The molecular weight excluding hydrogens is 344 g/mol. The van der Waals surface area contributed by atoms with E-state index in [4.69, 9.17) is 0 Å². The first-order valence-electron chi connectivity index (χ1n) is 8.91. The molecule has 0 spiro atoms. The predicted molar refractivity (Wildman–Crippen MR) is 103 cm³/mol. The van der Waals surface area contributed by atoms with Crippen LogP contribution in [0, 0.1) is 0 Å². The van der Waals surface area contributed by atoms with Crippen LogP contribution in [0.25, 0.3) is 11.3 Å². The van der Waals surface area contributed by atoms with Gasteiger partial charge in [-0.3, -0.25) is 4.79 Å². The first kappa shape index (κ1) is 18.6. The van der Waals surface area contributed by atoms with Crippen molar-refractivity contribution in [1.82, 2.24) is 25.1 Å². The maximum Gasteiger partial charge on any atom is 0.317 e. The first-order valence-corrected chi connectivity index (χ1v) is 8.91. The number of nitrogens with zero attached hydrogens (tertiary/aromatic N) is 5. The second-order valence-electron chi connectivity index (χ2n) is 6.53. The molecule has 1 aliphatic heterocycles. The van der Waals surface area contributed by atoms with Crippen LogP contribution in [0.2, 0.25) is 0 Å². The zero-order valence-electron chi connectivity index (χ0n) is 15.6. The van der Waals surface area contributed by atoms with Gasteiger partial charge in [0.15, 0.2) is 0 Å². The highest BCUT2D eigenvalue weighted by Crippen LogP contribution is 2.19. The molecule has 0 saturated carbocycles. The van der Waals surface area contributed by atoms with E-state index < -0.39 is 0 Å². The van der Waals surface area contributed by atoms with Gasteiger partial charge in [0.05, 0.1) is 12.2 Å². The van der Waals surface area contributed by atoms with Crippen LogP contribution >= 0.6 is 0 Å². The van der Waals surface area contributed by atoms with Gasteiger partial charge in [0, 0.05) is 52.0 Å². The van der Waals surface area contributed by atoms with Crippen molar-refractivity contribution >= 4 is 17.9 Å². The van der Waals surface area contributed by atoms with Gasteiger partial charge in [0.1, 0.15) is 0 Å². The summed E-state index contributed by atoms with van der Waals surface area (Å²) in [6, 6.07) is 11.6. The SMILES string of the molecule is CN(C)C(=O)NCC(=O)N1CCN(c2nccc(-c3ccccc3)n2)CC1. The van der Waals surface area contributed by atoms with Crippen molar-refractivity contribution in [2.75, 3.05) is 51.7 Å². The highest BCUT2D eigenvalue weighted by Gasteiger charge is 2.23. The van der Waals surface area contributed by atoms with E-state index in [9.17, 15) is 9.59 Å². The summed E-state index contributed by atoms with van der Waals surface area (Å²) in [5.41, 5.74) is 1.93. The van der Waals surface area contributed by atoms with Crippen LogP contribution in [0.3, 0.4) is 0 Å². The standard InChI is InChI=1S/C19H24N6O2/c1-23(2)19(27)21-14-17(26)24-10-12-25(13-11-24)18-20-9-8-16(22-18)15-6-4-3-5-7-15/h3-9H,10-14H2,1-2H3,(H,21,27). The van der Waals surface area contributed by atoms with Gasteiger partial charge >= 0.3 is 6.03 Å². The maximum atomic E-state index is 12.3. The molecule has 1 aliphatic rings. The zero-order chi connectivity index (χ0) is 19.2. The van der Waals surface area contributed by atoms with E-state index in [-0.39, 0.29) is 18.5 Å². The summed E-state index contributed by atoms with van der Waals surface area (Å²) in [5.74, 6) is 0.591. The second-order valence-corrected chi connectivity index (χ2v) is 6.53. The van der Waals surface area contributed by atoms with Crippen LogP contribution in [0.5, 0.6) is 0 Å². The summed E-state index contributed by atoms with van der Waals surface area (Å²) in [5, 5.41) is 2.61. The highest BCUT2D eigenvalue weighted by molar-refractivity contribution is 5.84. The number of anilines is 1. The Morgan fingerprint density at radius 1 is 1.07 bits per heavy atom. The summed E-state index contributed by atoms with van der Waals surface area (Å²) in [6.07, 6.45) is 1.76. The van der Waals surface area contributed by atoms with Gasteiger partial charge in [0.25, 0.3) is 0 Å². The molecule has 0 atom stereocenters. The molecule has 8 heteroatoms. The second kappa shape index (κ2) is 8.48. The van der Waals surface area contributed by atoms with Gasteiger partial charge in [-0.15, -0.1) is 0 Å².